The summed E-state index contributed by atoms with van der Waals surface area (Å²) in [5.74, 6) is 0.0269. The Hall–Kier alpha value is -1.86. The molecule has 1 aliphatic rings. The van der Waals surface area contributed by atoms with Crippen molar-refractivity contribution in [2.45, 2.75) is 26.4 Å². The van der Waals surface area contributed by atoms with Gasteiger partial charge in [0.2, 0.25) is 0 Å². The van der Waals surface area contributed by atoms with E-state index in [1.54, 1.807) is 25.1 Å². The van der Waals surface area contributed by atoms with E-state index in [0.29, 0.717) is 17.7 Å². The molecule has 2 rings (SSSR count). The molecule has 100 valence electrons. The van der Waals surface area contributed by atoms with E-state index in [1.807, 2.05) is 0 Å². The summed E-state index contributed by atoms with van der Waals surface area (Å²) >= 11 is 0. The van der Waals surface area contributed by atoms with Crippen LogP contribution < -0.4 is 4.90 Å². The monoisotopic (exact) mass is 258 g/mol. The molecular formula is C15H18N2O2. The highest BCUT2D eigenvalue weighted by Gasteiger charge is 2.22. The minimum atomic E-state index is 0.0269. The Balaban J connectivity index is 2.36. The SMILES string of the molecule is CCC1CN(c2cc(C#N)ccc2C(C)=O)CCO1. The zero-order chi connectivity index (χ0) is 13.8. The van der Waals surface area contributed by atoms with Crippen molar-refractivity contribution in [1.29, 1.82) is 5.26 Å². The van der Waals surface area contributed by atoms with Gasteiger partial charge >= 0.3 is 0 Å². The smallest absolute Gasteiger partial charge is 0.161 e. The van der Waals surface area contributed by atoms with Crippen molar-refractivity contribution < 1.29 is 9.53 Å². The molecule has 1 aromatic carbocycles. The van der Waals surface area contributed by atoms with E-state index in [1.165, 1.54) is 0 Å². The number of carbonyl (C=O) groups excluding carboxylic acids is 1. The summed E-state index contributed by atoms with van der Waals surface area (Å²) < 4.78 is 5.64. The first-order valence-corrected chi connectivity index (χ1v) is 6.57. The van der Waals surface area contributed by atoms with Crippen molar-refractivity contribution in [3.8, 4) is 6.07 Å². The second-order valence-electron chi connectivity index (χ2n) is 4.75. The molecule has 0 bridgehead atoms. The summed E-state index contributed by atoms with van der Waals surface area (Å²) in [6.45, 7) is 5.83. The fourth-order valence-electron chi connectivity index (χ4n) is 2.35. The lowest BCUT2D eigenvalue weighted by atomic mass is 10.0. The quantitative estimate of drug-likeness (QED) is 0.781. The fraction of sp³-hybridized carbons (Fsp3) is 0.467. The number of benzene rings is 1. The van der Waals surface area contributed by atoms with Gasteiger partial charge in [-0.05, 0) is 31.5 Å². The van der Waals surface area contributed by atoms with E-state index in [9.17, 15) is 4.79 Å². The fourth-order valence-corrected chi connectivity index (χ4v) is 2.35. The largest absolute Gasteiger partial charge is 0.375 e. The Morgan fingerprint density at radius 2 is 2.37 bits per heavy atom. The maximum atomic E-state index is 11.7. The molecule has 1 heterocycles. The Morgan fingerprint density at radius 3 is 3.00 bits per heavy atom. The summed E-state index contributed by atoms with van der Waals surface area (Å²) in [5, 5.41) is 9.01. The van der Waals surface area contributed by atoms with Crippen LogP contribution in [-0.4, -0.2) is 31.6 Å². The number of Topliss-reactive ketones (excluding diaryl/α,β-unsaturated/α-hetero) is 1. The normalized spacial score (nSPS) is 19.0. The van der Waals surface area contributed by atoms with Crippen molar-refractivity contribution in [2.75, 3.05) is 24.6 Å². The minimum absolute atomic E-state index is 0.0269. The molecule has 0 radical (unpaired) electrons. The summed E-state index contributed by atoms with van der Waals surface area (Å²) in [6, 6.07) is 7.36. The van der Waals surface area contributed by atoms with Crippen LogP contribution in [0.1, 0.15) is 36.2 Å². The second kappa shape index (κ2) is 5.85. The topological polar surface area (TPSA) is 53.3 Å². The summed E-state index contributed by atoms with van der Waals surface area (Å²) in [6.07, 6.45) is 1.14. The molecular weight excluding hydrogens is 240 g/mol. The van der Waals surface area contributed by atoms with Gasteiger partial charge < -0.3 is 9.64 Å². The van der Waals surface area contributed by atoms with Crippen LogP contribution in [0.2, 0.25) is 0 Å². The third-order valence-electron chi connectivity index (χ3n) is 3.44. The number of morpholine rings is 1. The average Bonchev–Trinajstić information content (AvgIpc) is 2.46. The molecule has 19 heavy (non-hydrogen) atoms. The molecule has 1 aromatic rings. The van der Waals surface area contributed by atoms with E-state index < -0.39 is 0 Å². The first kappa shape index (κ1) is 13.6. The molecule has 1 atom stereocenters. The van der Waals surface area contributed by atoms with E-state index in [2.05, 4.69) is 17.9 Å². The van der Waals surface area contributed by atoms with E-state index >= 15 is 0 Å². The van der Waals surface area contributed by atoms with Gasteiger partial charge in [0, 0.05) is 24.3 Å². The lowest BCUT2D eigenvalue weighted by molar-refractivity contribution is 0.0383. The van der Waals surface area contributed by atoms with Gasteiger partial charge in [0.25, 0.3) is 0 Å². The van der Waals surface area contributed by atoms with E-state index in [-0.39, 0.29) is 11.9 Å². The van der Waals surface area contributed by atoms with Crippen molar-refractivity contribution in [3.63, 3.8) is 0 Å². The molecule has 0 aromatic heterocycles. The van der Waals surface area contributed by atoms with Crippen LogP contribution in [0.4, 0.5) is 5.69 Å². The first-order valence-electron chi connectivity index (χ1n) is 6.57. The number of ether oxygens (including phenoxy) is 1. The van der Waals surface area contributed by atoms with Crippen LogP contribution in [0.5, 0.6) is 0 Å². The number of ketones is 1. The van der Waals surface area contributed by atoms with E-state index in [0.717, 1.165) is 25.2 Å². The molecule has 1 saturated heterocycles. The number of rotatable bonds is 3. The maximum absolute atomic E-state index is 11.7. The molecule has 0 spiro atoms. The maximum Gasteiger partial charge on any atom is 0.161 e. The average molecular weight is 258 g/mol. The lowest BCUT2D eigenvalue weighted by Crippen LogP contribution is -2.42. The molecule has 0 saturated carbocycles. The van der Waals surface area contributed by atoms with E-state index in [4.69, 9.17) is 10.00 Å². The van der Waals surface area contributed by atoms with Gasteiger partial charge in [-0.2, -0.15) is 5.26 Å². The number of nitrogens with zero attached hydrogens (tertiary/aromatic N) is 2. The molecule has 0 amide bonds. The van der Waals surface area contributed by atoms with Crippen LogP contribution in [-0.2, 0) is 4.74 Å². The van der Waals surface area contributed by atoms with Gasteiger partial charge in [0.05, 0.1) is 24.3 Å². The van der Waals surface area contributed by atoms with Crippen molar-refractivity contribution in [3.05, 3.63) is 29.3 Å². The Morgan fingerprint density at radius 1 is 1.58 bits per heavy atom. The van der Waals surface area contributed by atoms with Crippen LogP contribution in [0.25, 0.3) is 0 Å². The molecule has 0 N–H and O–H groups in total. The van der Waals surface area contributed by atoms with Gasteiger partial charge in [-0.15, -0.1) is 0 Å². The van der Waals surface area contributed by atoms with Crippen molar-refractivity contribution in [2.24, 2.45) is 0 Å². The zero-order valence-corrected chi connectivity index (χ0v) is 11.3. The Bertz CT molecular complexity index is 519. The van der Waals surface area contributed by atoms with Crippen LogP contribution in [0.3, 0.4) is 0 Å². The van der Waals surface area contributed by atoms with Gasteiger partial charge in [-0.1, -0.05) is 6.92 Å². The Labute approximate surface area is 113 Å². The second-order valence-corrected chi connectivity index (χ2v) is 4.75. The zero-order valence-electron chi connectivity index (χ0n) is 11.3. The number of hydrogen-bond donors (Lipinski definition) is 0. The van der Waals surface area contributed by atoms with Gasteiger partial charge in [-0.25, -0.2) is 0 Å². The summed E-state index contributed by atoms with van der Waals surface area (Å²) in [7, 11) is 0. The highest BCUT2D eigenvalue weighted by Crippen LogP contribution is 2.25. The standard InChI is InChI=1S/C15H18N2O2/c1-3-13-10-17(6-7-19-13)15-8-12(9-16)4-5-14(15)11(2)18/h4-5,8,13H,3,6-7,10H2,1-2H3. The number of carbonyl (C=O) groups is 1. The molecule has 1 unspecified atom stereocenters. The van der Waals surface area contributed by atoms with Gasteiger partial charge in [-0.3, -0.25) is 4.79 Å². The lowest BCUT2D eigenvalue weighted by Gasteiger charge is -2.35. The van der Waals surface area contributed by atoms with Crippen LogP contribution >= 0.6 is 0 Å². The third kappa shape index (κ3) is 2.94. The van der Waals surface area contributed by atoms with Crippen molar-refractivity contribution in [1.82, 2.24) is 0 Å². The highest BCUT2D eigenvalue weighted by molar-refractivity contribution is 6.00. The number of anilines is 1. The predicted octanol–water partition coefficient (Wildman–Crippen LogP) is 2.38. The van der Waals surface area contributed by atoms with Crippen molar-refractivity contribution >= 4 is 11.5 Å². The molecule has 4 heteroatoms. The highest BCUT2D eigenvalue weighted by atomic mass is 16.5. The molecule has 1 fully saturated rings. The predicted molar refractivity (Wildman–Crippen MR) is 73.4 cm³/mol. The van der Waals surface area contributed by atoms with Crippen LogP contribution in [0.15, 0.2) is 18.2 Å². The Kier molecular flexibility index (Phi) is 4.18. The molecule has 1 aliphatic heterocycles. The number of hydrogen-bond acceptors (Lipinski definition) is 4. The minimum Gasteiger partial charge on any atom is -0.375 e. The van der Waals surface area contributed by atoms with Crippen LogP contribution in [0, 0.1) is 11.3 Å². The first-order chi connectivity index (χ1) is 9.15. The number of nitriles is 1. The van der Waals surface area contributed by atoms with Gasteiger partial charge in [0.15, 0.2) is 5.78 Å². The summed E-state index contributed by atoms with van der Waals surface area (Å²) in [4.78, 5) is 13.9. The third-order valence-corrected chi connectivity index (χ3v) is 3.44. The van der Waals surface area contributed by atoms with Gasteiger partial charge in [0.1, 0.15) is 0 Å². The molecule has 0 aliphatic carbocycles. The molecule has 4 nitrogen and oxygen atoms in total. The summed E-state index contributed by atoms with van der Waals surface area (Å²) in [5.41, 5.74) is 2.11.